The zero-order valence-electron chi connectivity index (χ0n) is 12.6. The minimum atomic E-state index is 0.134. The molecule has 1 aromatic rings. The molecule has 1 heterocycles. The summed E-state index contributed by atoms with van der Waals surface area (Å²) in [6.45, 7) is 5.53. The van der Waals surface area contributed by atoms with Gasteiger partial charge in [0.15, 0.2) is 0 Å². The van der Waals surface area contributed by atoms with Crippen LogP contribution in [0.4, 0.5) is 5.69 Å². The third kappa shape index (κ3) is 3.50. The van der Waals surface area contributed by atoms with Crippen LogP contribution in [0.3, 0.4) is 0 Å². The average Bonchev–Trinajstić information content (AvgIpc) is 2.93. The molecule has 0 saturated heterocycles. The molecule has 0 atom stereocenters. The Morgan fingerprint density at radius 3 is 2.75 bits per heavy atom. The minimum absolute atomic E-state index is 0.134. The Morgan fingerprint density at radius 1 is 1.45 bits per heavy atom. The van der Waals surface area contributed by atoms with E-state index in [-0.39, 0.29) is 5.84 Å². The molecule has 0 aliphatic heterocycles. The lowest BCUT2D eigenvalue weighted by Gasteiger charge is -2.33. The van der Waals surface area contributed by atoms with Gasteiger partial charge in [-0.15, -0.1) is 0 Å². The fourth-order valence-electron chi connectivity index (χ4n) is 2.96. The number of pyridine rings is 1. The van der Waals surface area contributed by atoms with Crippen molar-refractivity contribution in [1.82, 2.24) is 4.98 Å². The van der Waals surface area contributed by atoms with Gasteiger partial charge in [-0.3, -0.25) is 10.4 Å². The first kappa shape index (κ1) is 14.8. The highest BCUT2D eigenvalue weighted by Gasteiger charge is 2.25. The van der Waals surface area contributed by atoms with Crippen LogP contribution in [0.5, 0.6) is 0 Å². The third-order valence-electron chi connectivity index (χ3n) is 4.11. The molecular weight excluding hydrogens is 248 g/mol. The van der Waals surface area contributed by atoms with Crippen LogP contribution in [-0.4, -0.2) is 23.4 Å². The molecule has 1 aliphatic rings. The molecule has 0 spiro atoms. The molecule has 1 aromatic heterocycles. The largest absolute Gasteiger partial charge is 0.384 e. The van der Waals surface area contributed by atoms with E-state index in [2.05, 4.69) is 23.7 Å². The number of hydrogen-bond donors (Lipinski definition) is 2. The van der Waals surface area contributed by atoms with Gasteiger partial charge in [-0.05, 0) is 31.2 Å². The third-order valence-corrected chi connectivity index (χ3v) is 4.11. The molecule has 110 valence electrons. The molecule has 3 N–H and O–H groups in total. The lowest BCUT2D eigenvalue weighted by Crippen LogP contribution is -2.36. The number of amidine groups is 1. The van der Waals surface area contributed by atoms with E-state index in [9.17, 15) is 0 Å². The van der Waals surface area contributed by atoms with E-state index in [4.69, 9.17) is 11.1 Å². The summed E-state index contributed by atoms with van der Waals surface area (Å²) in [4.78, 5) is 6.69. The Bertz CT molecular complexity index is 450. The van der Waals surface area contributed by atoms with E-state index in [1.54, 1.807) is 6.20 Å². The fourth-order valence-corrected chi connectivity index (χ4v) is 2.96. The molecular formula is C16H26N4. The van der Waals surface area contributed by atoms with Gasteiger partial charge < -0.3 is 10.6 Å². The number of nitrogens with two attached hydrogens (primary N) is 1. The molecule has 2 rings (SSSR count). The number of nitrogens with one attached hydrogen (secondary N) is 1. The van der Waals surface area contributed by atoms with Crippen molar-refractivity contribution in [2.45, 2.75) is 52.0 Å². The quantitative estimate of drug-likeness (QED) is 0.618. The van der Waals surface area contributed by atoms with Gasteiger partial charge in [0, 0.05) is 24.3 Å². The molecule has 4 nitrogen and oxygen atoms in total. The minimum Gasteiger partial charge on any atom is -0.384 e. The van der Waals surface area contributed by atoms with Gasteiger partial charge in [0.25, 0.3) is 0 Å². The zero-order valence-corrected chi connectivity index (χ0v) is 12.6. The van der Waals surface area contributed by atoms with Crippen molar-refractivity contribution in [3.8, 4) is 0 Å². The highest BCUT2D eigenvalue weighted by molar-refractivity contribution is 6.00. The summed E-state index contributed by atoms with van der Waals surface area (Å²) in [5, 5.41) is 7.78. The van der Waals surface area contributed by atoms with E-state index in [0.717, 1.165) is 24.2 Å². The van der Waals surface area contributed by atoms with Gasteiger partial charge in [-0.1, -0.05) is 26.7 Å². The molecule has 0 aromatic carbocycles. The monoisotopic (exact) mass is 274 g/mol. The predicted molar refractivity (Wildman–Crippen MR) is 84.3 cm³/mol. The van der Waals surface area contributed by atoms with Crippen LogP contribution in [0.25, 0.3) is 0 Å². The van der Waals surface area contributed by atoms with E-state index in [1.165, 1.54) is 25.7 Å². The van der Waals surface area contributed by atoms with Crippen molar-refractivity contribution < 1.29 is 0 Å². The topological polar surface area (TPSA) is 66.0 Å². The normalized spacial score (nSPS) is 15.8. The molecule has 4 heteroatoms. The maximum atomic E-state index is 7.78. The van der Waals surface area contributed by atoms with Crippen molar-refractivity contribution >= 4 is 11.5 Å². The Morgan fingerprint density at radius 2 is 2.15 bits per heavy atom. The first-order valence-corrected chi connectivity index (χ1v) is 7.64. The Balaban J connectivity index is 2.27. The van der Waals surface area contributed by atoms with Crippen LogP contribution in [0.1, 0.15) is 51.5 Å². The molecule has 1 fully saturated rings. The maximum absolute atomic E-state index is 7.78. The highest BCUT2D eigenvalue weighted by atomic mass is 15.2. The lowest BCUT2D eigenvalue weighted by molar-refractivity contribution is 0.528. The van der Waals surface area contributed by atoms with E-state index in [1.807, 2.05) is 12.3 Å². The summed E-state index contributed by atoms with van der Waals surface area (Å²) in [6, 6.07) is 2.44. The zero-order chi connectivity index (χ0) is 14.5. The van der Waals surface area contributed by atoms with Crippen LogP contribution in [0, 0.1) is 11.3 Å². The molecule has 0 bridgehead atoms. The van der Waals surface area contributed by atoms with Crippen LogP contribution in [0.2, 0.25) is 0 Å². The van der Waals surface area contributed by atoms with Crippen LogP contribution >= 0.6 is 0 Å². The van der Waals surface area contributed by atoms with Crippen LogP contribution in [0.15, 0.2) is 18.5 Å². The number of nitrogens with zero attached hydrogens (tertiary/aromatic N) is 2. The predicted octanol–water partition coefficient (Wildman–Crippen LogP) is 3.16. The first-order chi connectivity index (χ1) is 9.59. The van der Waals surface area contributed by atoms with Gasteiger partial charge in [-0.25, -0.2) is 0 Å². The number of nitrogen functional groups attached to an aromatic ring is 1. The highest BCUT2D eigenvalue weighted by Crippen LogP contribution is 2.30. The molecule has 20 heavy (non-hydrogen) atoms. The number of aromatic nitrogens is 1. The summed E-state index contributed by atoms with van der Waals surface area (Å²) in [5.41, 5.74) is 7.59. The standard InChI is InChI=1S/C16H26N4/c1-12(2)8-10-20(13-5-3-4-6-13)15-11-19-9-7-14(15)16(17)18/h7,9,11-13H,3-6,8,10H2,1-2H3,(H3,17,18). The second-order valence-corrected chi connectivity index (χ2v) is 6.12. The van der Waals surface area contributed by atoms with Gasteiger partial charge in [0.2, 0.25) is 0 Å². The Hall–Kier alpha value is -1.58. The van der Waals surface area contributed by atoms with Gasteiger partial charge in [-0.2, -0.15) is 0 Å². The summed E-state index contributed by atoms with van der Waals surface area (Å²) in [5.74, 6) is 0.811. The number of anilines is 1. The Kier molecular flexibility index (Phi) is 4.99. The smallest absolute Gasteiger partial charge is 0.125 e. The molecule has 0 unspecified atom stereocenters. The average molecular weight is 274 g/mol. The molecule has 0 amide bonds. The van der Waals surface area contributed by atoms with Gasteiger partial charge >= 0.3 is 0 Å². The maximum Gasteiger partial charge on any atom is 0.125 e. The fraction of sp³-hybridized carbons (Fsp3) is 0.625. The number of hydrogen-bond acceptors (Lipinski definition) is 3. The van der Waals surface area contributed by atoms with Gasteiger partial charge in [0.1, 0.15) is 5.84 Å². The summed E-state index contributed by atoms with van der Waals surface area (Å²) in [6.07, 6.45) is 9.83. The number of rotatable bonds is 6. The van der Waals surface area contributed by atoms with Crippen molar-refractivity contribution in [2.24, 2.45) is 11.7 Å². The first-order valence-electron chi connectivity index (χ1n) is 7.64. The second-order valence-electron chi connectivity index (χ2n) is 6.12. The molecule has 1 saturated carbocycles. The molecule has 1 aliphatic carbocycles. The lowest BCUT2D eigenvalue weighted by atomic mass is 10.1. The van der Waals surface area contributed by atoms with Crippen molar-refractivity contribution in [2.75, 3.05) is 11.4 Å². The van der Waals surface area contributed by atoms with E-state index >= 15 is 0 Å². The Labute approximate surface area is 121 Å². The van der Waals surface area contributed by atoms with Crippen LogP contribution < -0.4 is 10.6 Å². The SMILES string of the molecule is CC(C)CCN(c1cnccc1C(=N)N)C1CCCC1. The van der Waals surface area contributed by atoms with Crippen molar-refractivity contribution in [3.05, 3.63) is 24.0 Å². The second kappa shape index (κ2) is 6.73. The van der Waals surface area contributed by atoms with E-state index < -0.39 is 0 Å². The van der Waals surface area contributed by atoms with Crippen LogP contribution in [-0.2, 0) is 0 Å². The summed E-state index contributed by atoms with van der Waals surface area (Å²) >= 11 is 0. The molecule has 0 radical (unpaired) electrons. The van der Waals surface area contributed by atoms with E-state index in [0.29, 0.717) is 12.0 Å². The summed E-state index contributed by atoms with van der Waals surface area (Å²) < 4.78 is 0. The van der Waals surface area contributed by atoms with Crippen molar-refractivity contribution in [1.29, 1.82) is 5.41 Å². The van der Waals surface area contributed by atoms with Gasteiger partial charge in [0.05, 0.1) is 11.9 Å². The van der Waals surface area contributed by atoms with Crippen molar-refractivity contribution in [3.63, 3.8) is 0 Å². The summed E-state index contributed by atoms with van der Waals surface area (Å²) in [7, 11) is 0.